The Morgan fingerprint density at radius 1 is 1.12 bits per heavy atom. The normalized spacial score (nSPS) is 13.8. The number of nitrogens with zero attached hydrogens (tertiary/aromatic N) is 2. The van der Waals surface area contributed by atoms with Gasteiger partial charge in [0.2, 0.25) is 0 Å². The first-order valence-corrected chi connectivity index (χ1v) is 6.24. The molecule has 0 aliphatic heterocycles. The Kier molecular flexibility index (Phi) is 3.20. The highest BCUT2D eigenvalue weighted by Crippen LogP contribution is 2.26. The van der Waals surface area contributed by atoms with Crippen LogP contribution in [0.3, 0.4) is 0 Å². The van der Waals surface area contributed by atoms with E-state index < -0.39 is 0 Å². The zero-order chi connectivity index (χ0) is 12.6. The van der Waals surface area contributed by atoms with Gasteiger partial charge in [0.1, 0.15) is 5.82 Å². The number of rotatable bonds is 3. The molecule has 3 heteroatoms. The van der Waals surface area contributed by atoms with Crippen LogP contribution in [0.25, 0.3) is 11.0 Å². The van der Waals surface area contributed by atoms with E-state index >= 15 is 0 Å². The zero-order valence-corrected chi connectivity index (χ0v) is 11.0. The largest absolute Gasteiger partial charge is 0.324 e. The van der Waals surface area contributed by atoms with Crippen LogP contribution in [-0.2, 0) is 0 Å². The first-order chi connectivity index (χ1) is 8.02. The molecule has 2 rings (SSSR count). The summed E-state index contributed by atoms with van der Waals surface area (Å²) in [7, 11) is 0. The van der Waals surface area contributed by atoms with Crippen molar-refractivity contribution in [2.75, 3.05) is 0 Å². The molecular weight excluding hydrogens is 210 g/mol. The van der Waals surface area contributed by atoms with E-state index in [0.717, 1.165) is 11.3 Å². The van der Waals surface area contributed by atoms with Crippen LogP contribution in [0.1, 0.15) is 45.6 Å². The minimum atomic E-state index is -0.00944. The summed E-state index contributed by atoms with van der Waals surface area (Å²) in [6.07, 6.45) is 0. The summed E-state index contributed by atoms with van der Waals surface area (Å²) < 4.78 is 2.25. The molecule has 17 heavy (non-hydrogen) atoms. The van der Waals surface area contributed by atoms with Crippen molar-refractivity contribution in [3.63, 3.8) is 0 Å². The van der Waals surface area contributed by atoms with Crippen LogP contribution >= 0.6 is 0 Å². The van der Waals surface area contributed by atoms with Gasteiger partial charge in [-0.15, -0.1) is 0 Å². The molecule has 1 atom stereocenters. The third-order valence-electron chi connectivity index (χ3n) is 3.16. The van der Waals surface area contributed by atoms with E-state index in [9.17, 15) is 0 Å². The van der Waals surface area contributed by atoms with E-state index in [1.807, 2.05) is 18.2 Å². The van der Waals surface area contributed by atoms with Crippen molar-refractivity contribution in [2.24, 2.45) is 11.7 Å². The van der Waals surface area contributed by atoms with Gasteiger partial charge < -0.3 is 10.3 Å². The predicted molar refractivity (Wildman–Crippen MR) is 71.9 cm³/mol. The van der Waals surface area contributed by atoms with Gasteiger partial charge in [-0.1, -0.05) is 26.0 Å². The molecule has 3 nitrogen and oxygen atoms in total. The molecular formula is C14H21N3. The number of aromatic nitrogens is 2. The average Bonchev–Trinajstić information content (AvgIpc) is 2.66. The average molecular weight is 231 g/mol. The van der Waals surface area contributed by atoms with Gasteiger partial charge >= 0.3 is 0 Å². The molecule has 0 aliphatic carbocycles. The van der Waals surface area contributed by atoms with E-state index in [4.69, 9.17) is 10.7 Å². The lowest BCUT2D eigenvalue weighted by atomic mass is 10.0. The minimum Gasteiger partial charge on any atom is -0.324 e. The summed E-state index contributed by atoms with van der Waals surface area (Å²) in [6, 6.07) is 8.59. The van der Waals surface area contributed by atoms with E-state index in [-0.39, 0.29) is 6.04 Å². The highest BCUT2D eigenvalue weighted by atomic mass is 15.1. The molecule has 92 valence electrons. The SMILES string of the molecule is CC(C)C(N)c1nc2ccccc2n1C(C)C. The maximum Gasteiger partial charge on any atom is 0.127 e. The third-order valence-corrected chi connectivity index (χ3v) is 3.16. The second-order valence-corrected chi connectivity index (χ2v) is 5.19. The standard InChI is InChI=1S/C14H21N3/c1-9(2)13(15)14-16-11-7-5-6-8-12(11)17(14)10(3)4/h5-10,13H,15H2,1-4H3. The number of hydrogen-bond acceptors (Lipinski definition) is 2. The number of nitrogens with two attached hydrogens (primary N) is 1. The molecule has 0 saturated carbocycles. The molecule has 0 saturated heterocycles. The summed E-state index contributed by atoms with van der Waals surface area (Å²) >= 11 is 0. The molecule has 1 aromatic carbocycles. The quantitative estimate of drug-likeness (QED) is 0.881. The number of para-hydroxylation sites is 2. The van der Waals surface area contributed by atoms with E-state index in [1.54, 1.807) is 0 Å². The third kappa shape index (κ3) is 2.07. The Bertz CT molecular complexity index is 511. The molecule has 0 radical (unpaired) electrons. The highest BCUT2D eigenvalue weighted by Gasteiger charge is 2.20. The number of fused-ring (bicyclic) bond motifs is 1. The first-order valence-electron chi connectivity index (χ1n) is 6.24. The Balaban J connectivity index is 2.66. The summed E-state index contributed by atoms with van der Waals surface area (Å²) in [4.78, 5) is 4.69. The van der Waals surface area contributed by atoms with E-state index in [2.05, 4.69) is 38.3 Å². The van der Waals surface area contributed by atoms with Crippen molar-refractivity contribution in [1.82, 2.24) is 9.55 Å². The Labute approximate surface area is 103 Å². The highest BCUT2D eigenvalue weighted by molar-refractivity contribution is 5.76. The fourth-order valence-electron chi connectivity index (χ4n) is 2.14. The van der Waals surface area contributed by atoms with Crippen LogP contribution in [0.5, 0.6) is 0 Å². The molecule has 0 spiro atoms. The monoisotopic (exact) mass is 231 g/mol. The Morgan fingerprint density at radius 3 is 2.35 bits per heavy atom. The lowest BCUT2D eigenvalue weighted by Crippen LogP contribution is -2.22. The maximum absolute atomic E-state index is 6.26. The van der Waals surface area contributed by atoms with Gasteiger partial charge in [0.15, 0.2) is 0 Å². The minimum absolute atomic E-state index is 0.00944. The lowest BCUT2D eigenvalue weighted by molar-refractivity contribution is 0.453. The van der Waals surface area contributed by atoms with Gasteiger partial charge in [0.25, 0.3) is 0 Å². The van der Waals surface area contributed by atoms with E-state index in [0.29, 0.717) is 12.0 Å². The van der Waals surface area contributed by atoms with Crippen molar-refractivity contribution in [2.45, 2.75) is 39.8 Å². The van der Waals surface area contributed by atoms with Gasteiger partial charge in [0.05, 0.1) is 17.1 Å². The molecule has 0 amide bonds. The van der Waals surface area contributed by atoms with Crippen LogP contribution in [0.15, 0.2) is 24.3 Å². The molecule has 0 bridgehead atoms. The van der Waals surface area contributed by atoms with Crippen LogP contribution < -0.4 is 5.73 Å². The molecule has 2 N–H and O–H groups in total. The molecule has 0 fully saturated rings. The van der Waals surface area contributed by atoms with Crippen LogP contribution in [0.2, 0.25) is 0 Å². The molecule has 2 aromatic rings. The zero-order valence-electron chi connectivity index (χ0n) is 11.0. The molecule has 1 aromatic heterocycles. The summed E-state index contributed by atoms with van der Waals surface area (Å²) in [5, 5.41) is 0. The van der Waals surface area contributed by atoms with Crippen molar-refractivity contribution in [1.29, 1.82) is 0 Å². The predicted octanol–water partition coefficient (Wildman–Crippen LogP) is 3.27. The van der Waals surface area contributed by atoms with Crippen molar-refractivity contribution < 1.29 is 0 Å². The lowest BCUT2D eigenvalue weighted by Gasteiger charge is -2.19. The van der Waals surface area contributed by atoms with Gasteiger partial charge in [-0.25, -0.2) is 4.98 Å². The van der Waals surface area contributed by atoms with E-state index in [1.165, 1.54) is 5.52 Å². The summed E-state index contributed by atoms with van der Waals surface area (Å²) in [6.45, 7) is 8.61. The van der Waals surface area contributed by atoms with Crippen molar-refractivity contribution in [3.8, 4) is 0 Å². The fourth-order valence-corrected chi connectivity index (χ4v) is 2.14. The van der Waals surface area contributed by atoms with Gasteiger partial charge in [-0.3, -0.25) is 0 Å². The molecule has 0 aliphatic rings. The van der Waals surface area contributed by atoms with Gasteiger partial charge in [-0.05, 0) is 31.9 Å². The van der Waals surface area contributed by atoms with Crippen molar-refractivity contribution in [3.05, 3.63) is 30.1 Å². The Hall–Kier alpha value is -1.35. The van der Waals surface area contributed by atoms with Crippen LogP contribution in [-0.4, -0.2) is 9.55 Å². The molecule has 1 heterocycles. The number of hydrogen-bond donors (Lipinski definition) is 1. The van der Waals surface area contributed by atoms with Crippen molar-refractivity contribution >= 4 is 11.0 Å². The fraction of sp³-hybridized carbons (Fsp3) is 0.500. The topological polar surface area (TPSA) is 43.8 Å². The first kappa shape index (κ1) is 12.1. The second-order valence-electron chi connectivity index (χ2n) is 5.19. The Morgan fingerprint density at radius 2 is 1.76 bits per heavy atom. The van der Waals surface area contributed by atoms with Gasteiger partial charge in [0, 0.05) is 6.04 Å². The van der Waals surface area contributed by atoms with Crippen LogP contribution in [0, 0.1) is 5.92 Å². The smallest absolute Gasteiger partial charge is 0.127 e. The second kappa shape index (κ2) is 4.49. The summed E-state index contributed by atoms with van der Waals surface area (Å²) in [5.74, 6) is 1.39. The van der Waals surface area contributed by atoms with Gasteiger partial charge in [-0.2, -0.15) is 0 Å². The molecule has 1 unspecified atom stereocenters. The summed E-state index contributed by atoms with van der Waals surface area (Å²) in [5.41, 5.74) is 8.47. The van der Waals surface area contributed by atoms with Crippen LogP contribution in [0.4, 0.5) is 0 Å². The number of imidazole rings is 1. The number of benzene rings is 1. The maximum atomic E-state index is 6.26.